The summed E-state index contributed by atoms with van der Waals surface area (Å²) in [6, 6.07) is 5.18. The highest BCUT2D eigenvalue weighted by Gasteiger charge is 2.15. The van der Waals surface area contributed by atoms with Gasteiger partial charge in [0.15, 0.2) is 5.69 Å². The number of nitrogens with one attached hydrogen (secondary N) is 2. The maximum absolute atomic E-state index is 12.0. The van der Waals surface area contributed by atoms with E-state index in [0.29, 0.717) is 16.2 Å². The van der Waals surface area contributed by atoms with Gasteiger partial charge >= 0.3 is 0 Å². The SMILES string of the molecule is Nc1ccc2[nH]nc(C(=O)Nc3nnns3)c2c1. The summed E-state index contributed by atoms with van der Waals surface area (Å²) in [7, 11) is 0. The molecule has 0 saturated carbocycles. The number of carbonyl (C=O) groups excluding carboxylic acids is 1. The van der Waals surface area contributed by atoms with Crippen molar-refractivity contribution in [1.82, 2.24) is 25.0 Å². The largest absolute Gasteiger partial charge is 0.399 e. The second-order valence-corrected chi connectivity index (χ2v) is 4.23. The van der Waals surface area contributed by atoms with Crippen LogP contribution in [0.5, 0.6) is 0 Å². The third kappa shape index (κ3) is 1.76. The van der Waals surface area contributed by atoms with Crippen molar-refractivity contribution in [3.8, 4) is 0 Å². The first-order chi connectivity index (χ1) is 8.74. The molecule has 4 N–H and O–H groups in total. The zero-order chi connectivity index (χ0) is 12.5. The van der Waals surface area contributed by atoms with Crippen molar-refractivity contribution in [3.05, 3.63) is 23.9 Å². The van der Waals surface area contributed by atoms with Crippen LogP contribution < -0.4 is 11.1 Å². The van der Waals surface area contributed by atoms with Crippen LogP contribution in [-0.2, 0) is 0 Å². The van der Waals surface area contributed by atoms with Gasteiger partial charge in [-0.25, -0.2) is 0 Å². The van der Waals surface area contributed by atoms with Gasteiger partial charge in [0.2, 0.25) is 5.13 Å². The fourth-order valence-electron chi connectivity index (χ4n) is 1.54. The highest BCUT2D eigenvalue weighted by atomic mass is 32.1. The molecule has 0 aliphatic heterocycles. The van der Waals surface area contributed by atoms with Crippen LogP contribution in [0.1, 0.15) is 10.5 Å². The zero-order valence-electron chi connectivity index (χ0n) is 8.91. The highest BCUT2D eigenvalue weighted by Crippen LogP contribution is 2.19. The van der Waals surface area contributed by atoms with Gasteiger partial charge in [-0.3, -0.25) is 15.2 Å². The third-order valence-electron chi connectivity index (χ3n) is 2.32. The number of aromatic amines is 1. The number of hydrogen-bond donors (Lipinski definition) is 3. The van der Waals surface area contributed by atoms with Gasteiger partial charge in [-0.1, -0.05) is 9.59 Å². The number of hydrogen-bond acceptors (Lipinski definition) is 7. The normalized spacial score (nSPS) is 10.7. The average molecular weight is 261 g/mol. The van der Waals surface area contributed by atoms with Crippen molar-refractivity contribution in [1.29, 1.82) is 0 Å². The lowest BCUT2D eigenvalue weighted by atomic mass is 10.2. The maximum Gasteiger partial charge on any atom is 0.278 e. The first-order valence-corrected chi connectivity index (χ1v) is 5.71. The number of rotatable bonds is 2. The highest BCUT2D eigenvalue weighted by molar-refractivity contribution is 7.09. The van der Waals surface area contributed by atoms with E-state index in [4.69, 9.17) is 5.73 Å². The van der Waals surface area contributed by atoms with E-state index in [9.17, 15) is 4.79 Å². The summed E-state index contributed by atoms with van der Waals surface area (Å²) < 4.78 is 3.55. The molecule has 2 heterocycles. The van der Waals surface area contributed by atoms with Crippen molar-refractivity contribution >= 4 is 39.2 Å². The number of nitrogens with two attached hydrogens (primary N) is 1. The van der Waals surface area contributed by atoms with Gasteiger partial charge in [0.05, 0.1) is 5.52 Å². The smallest absolute Gasteiger partial charge is 0.278 e. The fraction of sp³-hybridized carbons (Fsp3) is 0. The Bertz CT molecular complexity index is 705. The molecular weight excluding hydrogens is 254 g/mol. The summed E-state index contributed by atoms with van der Waals surface area (Å²) in [5, 5.41) is 17.3. The van der Waals surface area contributed by atoms with Crippen LogP contribution in [-0.4, -0.2) is 30.9 Å². The fourth-order valence-corrected chi connectivity index (χ4v) is 1.90. The number of benzene rings is 1. The van der Waals surface area contributed by atoms with Crippen LogP contribution in [0.2, 0.25) is 0 Å². The lowest BCUT2D eigenvalue weighted by molar-refractivity contribution is 0.102. The molecule has 2 aromatic heterocycles. The molecule has 0 radical (unpaired) electrons. The summed E-state index contributed by atoms with van der Waals surface area (Å²) in [6.45, 7) is 0. The van der Waals surface area contributed by atoms with E-state index in [0.717, 1.165) is 17.0 Å². The Hall–Kier alpha value is -2.55. The van der Waals surface area contributed by atoms with Crippen LogP contribution in [0.3, 0.4) is 0 Å². The van der Waals surface area contributed by atoms with Gasteiger partial charge in [-0.2, -0.15) is 5.10 Å². The predicted octanol–water partition coefficient (Wildman–Crippen LogP) is 0.644. The monoisotopic (exact) mass is 261 g/mol. The number of nitrogens with zero attached hydrogens (tertiary/aromatic N) is 4. The van der Waals surface area contributed by atoms with E-state index in [-0.39, 0.29) is 11.6 Å². The first kappa shape index (κ1) is 10.6. The Morgan fingerprint density at radius 2 is 2.33 bits per heavy atom. The minimum absolute atomic E-state index is 0.257. The second kappa shape index (κ2) is 4.04. The lowest BCUT2D eigenvalue weighted by Gasteiger charge is -1.98. The molecule has 18 heavy (non-hydrogen) atoms. The third-order valence-corrected chi connectivity index (χ3v) is 2.83. The molecule has 0 aliphatic carbocycles. The topological polar surface area (TPSA) is 122 Å². The molecule has 0 fully saturated rings. The van der Waals surface area contributed by atoms with Gasteiger partial charge < -0.3 is 5.73 Å². The number of fused-ring (bicyclic) bond motifs is 1. The van der Waals surface area contributed by atoms with Crippen molar-refractivity contribution < 1.29 is 4.79 Å². The molecular formula is C9H7N7OS. The van der Waals surface area contributed by atoms with Gasteiger partial charge in [-0.15, -0.1) is 0 Å². The summed E-state index contributed by atoms with van der Waals surface area (Å²) >= 11 is 0.990. The van der Waals surface area contributed by atoms with Crippen molar-refractivity contribution in [2.24, 2.45) is 0 Å². The number of anilines is 2. The van der Waals surface area contributed by atoms with E-state index in [1.54, 1.807) is 18.2 Å². The summed E-state index contributed by atoms with van der Waals surface area (Å²) in [5.74, 6) is -0.384. The number of H-pyrrole nitrogens is 1. The van der Waals surface area contributed by atoms with Crippen LogP contribution in [0, 0.1) is 0 Å². The van der Waals surface area contributed by atoms with Crippen LogP contribution in [0.15, 0.2) is 18.2 Å². The molecule has 9 heteroatoms. The summed E-state index contributed by atoms with van der Waals surface area (Å²) in [4.78, 5) is 12.0. The Balaban J connectivity index is 1.98. The van der Waals surface area contributed by atoms with E-state index in [1.807, 2.05) is 0 Å². The second-order valence-electron chi connectivity index (χ2n) is 3.50. The first-order valence-electron chi connectivity index (χ1n) is 4.94. The molecule has 0 atom stereocenters. The number of aromatic nitrogens is 5. The van der Waals surface area contributed by atoms with E-state index >= 15 is 0 Å². The Kier molecular flexibility index (Phi) is 2.38. The van der Waals surface area contributed by atoms with Gasteiger partial charge in [-0.05, 0) is 23.4 Å². The quantitative estimate of drug-likeness (QED) is 0.582. The standard InChI is InChI=1S/C9H7N7OS/c10-4-1-2-6-5(3-4)7(13-12-6)8(17)11-9-14-15-16-18-9/h1-3H,10H2,(H,12,13)(H,11,14,16,17). The number of nitrogen functional groups attached to an aromatic ring is 1. The number of amides is 1. The molecule has 0 aliphatic rings. The van der Waals surface area contributed by atoms with Crippen molar-refractivity contribution in [3.63, 3.8) is 0 Å². The minimum atomic E-state index is -0.384. The zero-order valence-corrected chi connectivity index (χ0v) is 9.73. The van der Waals surface area contributed by atoms with Crippen LogP contribution in [0.4, 0.5) is 10.8 Å². The van der Waals surface area contributed by atoms with Gasteiger partial charge in [0, 0.05) is 22.6 Å². The molecule has 0 bridgehead atoms. The predicted molar refractivity (Wildman–Crippen MR) is 66.2 cm³/mol. The number of carbonyl (C=O) groups is 1. The molecule has 3 rings (SSSR count). The van der Waals surface area contributed by atoms with E-state index in [1.165, 1.54) is 0 Å². The Morgan fingerprint density at radius 1 is 1.44 bits per heavy atom. The molecule has 0 saturated heterocycles. The molecule has 3 aromatic rings. The molecule has 0 spiro atoms. The minimum Gasteiger partial charge on any atom is -0.399 e. The lowest BCUT2D eigenvalue weighted by Crippen LogP contribution is -2.12. The van der Waals surface area contributed by atoms with Gasteiger partial charge in [0.1, 0.15) is 0 Å². The Morgan fingerprint density at radius 3 is 3.11 bits per heavy atom. The molecule has 1 amide bonds. The summed E-state index contributed by atoms with van der Waals surface area (Å²) in [6.07, 6.45) is 0. The van der Waals surface area contributed by atoms with E-state index in [2.05, 4.69) is 30.3 Å². The van der Waals surface area contributed by atoms with Crippen molar-refractivity contribution in [2.75, 3.05) is 11.1 Å². The van der Waals surface area contributed by atoms with E-state index < -0.39 is 0 Å². The van der Waals surface area contributed by atoms with Crippen LogP contribution in [0.25, 0.3) is 10.9 Å². The van der Waals surface area contributed by atoms with Gasteiger partial charge in [0.25, 0.3) is 5.91 Å². The summed E-state index contributed by atoms with van der Waals surface area (Å²) in [5.41, 5.74) is 7.25. The average Bonchev–Trinajstić information content (AvgIpc) is 2.97. The molecule has 8 nitrogen and oxygen atoms in total. The molecule has 90 valence electrons. The maximum atomic E-state index is 12.0. The Labute approximate surface area is 104 Å². The van der Waals surface area contributed by atoms with Crippen molar-refractivity contribution in [2.45, 2.75) is 0 Å². The molecule has 0 unspecified atom stereocenters. The van der Waals surface area contributed by atoms with Crippen LogP contribution >= 0.6 is 11.5 Å². The molecule has 1 aromatic carbocycles.